The second-order valence-electron chi connectivity index (χ2n) is 11.9. The molecule has 224 valence electrons. The average molecular weight is 571 g/mol. The number of H-pyrrole nitrogens is 4. The Morgan fingerprint density at radius 3 is 1.07 bits per heavy atom. The van der Waals surface area contributed by atoms with Crippen LogP contribution in [0.1, 0.15) is 117 Å². The number of hydrogen-bond acceptors (Lipinski definition) is 4. The summed E-state index contributed by atoms with van der Waals surface area (Å²) >= 11 is 0. The van der Waals surface area contributed by atoms with Crippen molar-refractivity contribution >= 4 is 11.9 Å². The molecule has 0 spiro atoms. The molecule has 8 nitrogen and oxygen atoms in total. The molecule has 0 aliphatic carbocycles. The summed E-state index contributed by atoms with van der Waals surface area (Å²) in [6.45, 7) is 12.9. The molecule has 4 aromatic heterocycles. The molecule has 1 aliphatic rings. The van der Waals surface area contributed by atoms with Crippen LogP contribution in [-0.2, 0) is 61.0 Å². The van der Waals surface area contributed by atoms with Gasteiger partial charge in [-0.15, -0.1) is 0 Å². The Bertz CT molecular complexity index is 1660. The van der Waals surface area contributed by atoms with Gasteiger partial charge in [-0.2, -0.15) is 0 Å². The van der Waals surface area contributed by atoms with Crippen LogP contribution in [0.3, 0.4) is 0 Å². The number of nitrogens with one attached hydrogen (secondary N) is 4. The molecule has 0 fully saturated rings. The first-order chi connectivity index (χ1) is 20.0. The average Bonchev–Trinajstić information content (AvgIpc) is 3.59. The van der Waals surface area contributed by atoms with Gasteiger partial charge in [-0.25, -0.2) is 0 Å². The van der Waals surface area contributed by atoms with Gasteiger partial charge in [0, 0.05) is 83.2 Å². The van der Waals surface area contributed by atoms with E-state index in [1.165, 1.54) is 45.0 Å². The van der Waals surface area contributed by atoms with Crippen LogP contribution in [0.5, 0.6) is 0 Å². The molecule has 8 heteroatoms. The molecule has 5 heterocycles. The monoisotopic (exact) mass is 570 g/mol. The first-order valence-corrected chi connectivity index (χ1v) is 15.2. The summed E-state index contributed by atoms with van der Waals surface area (Å²) in [7, 11) is 0. The zero-order valence-electron chi connectivity index (χ0n) is 25.7. The zero-order chi connectivity index (χ0) is 30.3. The Hall–Kier alpha value is -3.94. The number of aromatic amines is 4. The molecule has 5 rings (SSSR count). The lowest BCUT2D eigenvalue weighted by atomic mass is 9.97. The fourth-order valence-corrected chi connectivity index (χ4v) is 7.14. The molecule has 0 saturated carbocycles. The third-order valence-corrected chi connectivity index (χ3v) is 9.57. The topological polar surface area (TPSA) is 143 Å². The van der Waals surface area contributed by atoms with Crippen molar-refractivity contribution in [3.8, 4) is 0 Å². The fourth-order valence-electron chi connectivity index (χ4n) is 7.14. The summed E-state index contributed by atoms with van der Waals surface area (Å²) in [5, 5.41) is 22.9. The van der Waals surface area contributed by atoms with Gasteiger partial charge in [0.1, 0.15) is 0 Å². The maximum atomic E-state index is 11.5. The first-order valence-electron chi connectivity index (χ1n) is 15.2. The van der Waals surface area contributed by atoms with Crippen LogP contribution < -0.4 is 10.2 Å². The maximum absolute atomic E-state index is 11.5. The molecular formula is C34H42N4O4-2. The van der Waals surface area contributed by atoms with E-state index in [0.29, 0.717) is 32.1 Å². The van der Waals surface area contributed by atoms with E-state index in [-0.39, 0.29) is 12.8 Å². The Morgan fingerprint density at radius 2 is 0.762 bits per heavy atom. The predicted octanol–water partition coefficient (Wildman–Crippen LogP) is 3.40. The Balaban J connectivity index is 1.71. The van der Waals surface area contributed by atoms with Crippen LogP contribution in [0.2, 0.25) is 0 Å². The summed E-state index contributed by atoms with van der Waals surface area (Å²) in [5.74, 6) is -2.14. The maximum Gasteiger partial charge on any atom is 0.0417 e. The molecule has 0 saturated heterocycles. The normalized spacial score (nSPS) is 13.1. The molecule has 0 radical (unpaired) electrons. The molecule has 4 N–H and O–H groups in total. The predicted molar refractivity (Wildman–Crippen MR) is 159 cm³/mol. The minimum absolute atomic E-state index is 0.0579. The minimum Gasteiger partial charge on any atom is -0.550 e. The highest BCUT2D eigenvalue weighted by Crippen LogP contribution is 2.32. The van der Waals surface area contributed by atoms with E-state index < -0.39 is 11.9 Å². The molecule has 0 atom stereocenters. The first kappa shape index (κ1) is 29.5. The second kappa shape index (κ2) is 11.7. The van der Waals surface area contributed by atoms with Gasteiger partial charge in [0.15, 0.2) is 0 Å². The number of carbonyl (C=O) groups excluding carboxylic acids is 2. The largest absolute Gasteiger partial charge is 0.550 e. The van der Waals surface area contributed by atoms with Crippen LogP contribution in [0.25, 0.3) is 0 Å². The van der Waals surface area contributed by atoms with Crippen LogP contribution in [0, 0.1) is 27.7 Å². The lowest BCUT2D eigenvalue weighted by Gasteiger charge is -2.09. The number of rotatable bonds is 8. The number of carboxylic acids is 2. The van der Waals surface area contributed by atoms with E-state index in [1.54, 1.807) is 0 Å². The molecule has 4 aromatic rings. The Labute approximate surface area is 247 Å². The lowest BCUT2D eigenvalue weighted by Crippen LogP contribution is -2.22. The lowest BCUT2D eigenvalue weighted by molar-refractivity contribution is -0.307. The van der Waals surface area contributed by atoms with Gasteiger partial charge in [0.05, 0.1) is 0 Å². The smallest absolute Gasteiger partial charge is 0.0417 e. The number of aliphatic carboxylic acids is 2. The van der Waals surface area contributed by atoms with E-state index >= 15 is 0 Å². The van der Waals surface area contributed by atoms with E-state index in [1.807, 2.05) is 0 Å². The summed E-state index contributed by atoms with van der Waals surface area (Å²) in [6, 6.07) is 0. The fraction of sp³-hybridized carbons (Fsp3) is 0.471. The van der Waals surface area contributed by atoms with E-state index in [2.05, 4.69) is 61.5 Å². The SMILES string of the molecule is CCc1c2[nH]c(c1C)Cc1[nH]c(c(CCC(=O)[O-])c1C)Cc1[nH]c(c(C)c1CCC(=O)[O-])Cc1[nH]c(c(C)c1CC)C2. The number of carboxylic acid groups (broad SMARTS) is 2. The highest BCUT2D eigenvalue weighted by atomic mass is 16.4. The van der Waals surface area contributed by atoms with Crippen LogP contribution in [-0.4, -0.2) is 31.9 Å². The highest BCUT2D eigenvalue weighted by Gasteiger charge is 2.24. The van der Waals surface area contributed by atoms with Crippen molar-refractivity contribution in [3.05, 3.63) is 90.1 Å². The van der Waals surface area contributed by atoms with Crippen molar-refractivity contribution in [1.82, 2.24) is 19.9 Å². The van der Waals surface area contributed by atoms with Crippen LogP contribution in [0.4, 0.5) is 0 Å². The van der Waals surface area contributed by atoms with Crippen molar-refractivity contribution in [2.45, 2.75) is 106 Å². The number of fused-ring (bicyclic) bond motifs is 8. The third kappa shape index (κ3) is 5.46. The molecule has 0 aromatic carbocycles. The van der Waals surface area contributed by atoms with Gasteiger partial charge in [-0.05, 0) is 111 Å². The van der Waals surface area contributed by atoms with Crippen LogP contribution >= 0.6 is 0 Å². The molecule has 0 amide bonds. The van der Waals surface area contributed by atoms with E-state index in [4.69, 9.17) is 0 Å². The zero-order valence-corrected chi connectivity index (χ0v) is 25.7. The minimum atomic E-state index is -1.07. The number of hydrogen-bond donors (Lipinski definition) is 4. The number of carbonyl (C=O) groups is 2. The van der Waals surface area contributed by atoms with Gasteiger partial charge >= 0.3 is 0 Å². The molecule has 8 bridgehead atoms. The van der Waals surface area contributed by atoms with Crippen molar-refractivity contribution in [1.29, 1.82) is 0 Å². The van der Waals surface area contributed by atoms with Gasteiger partial charge in [0.25, 0.3) is 0 Å². The molecule has 1 aliphatic heterocycles. The molecule has 42 heavy (non-hydrogen) atoms. The second-order valence-corrected chi connectivity index (χ2v) is 11.9. The quantitative estimate of drug-likeness (QED) is 0.227. The Morgan fingerprint density at radius 1 is 0.500 bits per heavy atom. The van der Waals surface area contributed by atoms with Crippen molar-refractivity contribution < 1.29 is 19.8 Å². The van der Waals surface area contributed by atoms with Gasteiger partial charge in [-0.1, -0.05) is 13.8 Å². The summed E-state index contributed by atoms with van der Waals surface area (Å²) < 4.78 is 0. The summed E-state index contributed by atoms with van der Waals surface area (Å²) in [5.41, 5.74) is 18.3. The van der Waals surface area contributed by atoms with Crippen molar-refractivity contribution in [3.63, 3.8) is 0 Å². The standard InChI is InChI=1S/C34H44N4O4/c1-7-21-17(3)25-13-26-19(5)23(9-11-33(39)40)31(37-26)16-32-24(10-12-34(41)42)20(6)28(38-32)15-30-22(8-2)18(4)27(36-30)14-29(21)35-25/h35-38H,7-16H2,1-6H3,(H,39,40)(H,41,42)/p-2. The van der Waals surface area contributed by atoms with Crippen LogP contribution in [0.15, 0.2) is 0 Å². The molecular weight excluding hydrogens is 528 g/mol. The highest BCUT2D eigenvalue weighted by molar-refractivity contribution is 5.65. The van der Waals surface area contributed by atoms with E-state index in [0.717, 1.165) is 64.3 Å². The van der Waals surface area contributed by atoms with Gasteiger partial charge in [-0.3, -0.25) is 0 Å². The Kier molecular flexibility index (Phi) is 8.26. The van der Waals surface area contributed by atoms with Gasteiger partial charge < -0.3 is 39.7 Å². The van der Waals surface area contributed by atoms with Crippen molar-refractivity contribution in [2.75, 3.05) is 0 Å². The third-order valence-electron chi connectivity index (χ3n) is 9.57. The molecule has 0 unspecified atom stereocenters. The van der Waals surface area contributed by atoms with Crippen molar-refractivity contribution in [2.24, 2.45) is 0 Å². The number of aromatic nitrogens is 4. The van der Waals surface area contributed by atoms with Gasteiger partial charge in [0.2, 0.25) is 0 Å². The van der Waals surface area contributed by atoms with E-state index in [9.17, 15) is 19.8 Å². The summed E-state index contributed by atoms with van der Waals surface area (Å²) in [4.78, 5) is 37.8. The summed E-state index contributed by atoms with van der Waals surface area (Å²) in [6.07, 6.45) is 5.19.